The van der Waals surface area contributed by atoms with E-state index in [-0.39, 0.29) is 5.91 Å². The fourth-order valence-corrected chi connectivity index (χ4v) is 2.70. The van der Waals surface area contributed by atoms with E-state index in [4.69, 9.17) is 9.47 Å². The number of nitrogens with one attached hydrogen (secondary N) is 1. The van der Waals surface area contributed by atoms with Crippen LogP contribution in [0.3, 0.4) is 0 Å². The van der Waals surface area contributed by atoms with Gasteiger partial charge >= 0.3 is 0 Å². The number of rotatable bonds is 4. The Morgan fingerprint density at radius 3 is 2.92 bits per heavy atom. The lowest BCUT2D eigenvalue weighted by atomic mass is 10.2. The van der Waals surface area contributed by atoms with E-state index >= 15 is 0 Å². The Kier molecular flexibility index (Phi) is 3.78. The van der Waals surface area contributed by atoms with Gasteiger partial charge < -0.3 is 19.2 Å². The highest BCUT2D eigenvalue weighted by atomic mass is 16.6. The fourth-order valence-electron chi connectivity index (χ4n) is 2.70. The molecule has 0 bridgehead atoms. The van der Waals surface area contributed by atoms with Crippen LogP contribution >= 0.6 is 0 Å². The minimum atomic E-state index is -0.129. The van der Waals surface area contributed by atoms with E-state index in [2.05, 4.69) is 10.3 Å². The molecule has 0 saturated heterocycles. The van der Waals surface area contributed by atoms with Crippen molar-refractivity contribution >= 4 is 11.6 Å². The van der Waals surface area contributed by atoms with Crippen LogP contribution in [0.2, 0.25) is 0 Å². The molecular formula is C18H17N3O3. The molecule has 4 rings (SSSR count). The summed E-state index contributed by atoms with van der Waals surface area (Å²) in [7, 11) is 0. The number of hydrogen-bond donors (Lipinski definition) is 1. The predicted molar refractivity (Wildman–Crippen MR) is 88.7 cm³/mol. The molecule has 0 unspecified atom stereocenters. The van der Waals surface area contributed by atoms with E-state index < -0.39 is 0 Å². The first-order valence-corrected chi connectivity index (χ1v) is 7.90. The third-order valence-electron chi connectivity index (χ3n) is 3.88. The number of benzene rings is 1. The first kappa shape index (κ1) is 14.6. The molecule has 1 amide bonds. The van der Waals surface area contributed by atoms with Crippen LogP contribution in [0.15, 0.2) is 48.8 Å². The van der Waals surface area contributed by atoms with Crippen molar-refractivity contribution < 1.29 is 14.3 Å². The summed E-state index contributed by atoms with van der Waals surface area (Å²) in [5.74, 6) is 1.17. The van der Waals surface area contributed by atoms with Crippen LogP contribution in [0.4, 0.5) is 0 Å². The lowest BCUT2D eigenvalue weighted by Crippen LogP contribution is -2.26. The van der Waals surface area contributed by atoms with Crippen LogP contribution in [-0.4, -0.2) is 35.1 Å². The summed E-state index contributed by atoms with van der Waals surface area (Å²) in [6.45, 7) is 1.57. The highest BCUT2D eigenvalue weighted by molar-refractivity contribution is 5.94. The number of nitrogens with zero attached hydrogens (tertiary/aromatic N) is 2. The molecule has 0 saturated carbocycles. The second-order valence-corrected chi connectivity index (χ2v) is 5.56. The van der Waals surface area contributed by atoms with Gasteiger partial charge in [0.2, 0.25) is 0 Å². The van der Waals surface area contributed by atoms with Gasteiger partial charge in [0.25, 0.3) is 5.91 Å². The summed E-state index contributed by atoms with van der Waals surface area (Å²) >= 11 is 0. The summed E-state index contributed by atoms with van der Waals surface area (Å²) in [5.41, 5.74) is 2.42. The van der Waals surface area contributed by atoms with Gasteiger partial charge in [-0.3, -0.25) is 4.79 Å². The Morgan fingerprint density at radius 2 is 2.04 bits per heavy atom. The van der Waals surface area contributed by atoms with Crippen LogP contribution in [0.1, 0.15) is 16.1 Å². The zero-order chi connectivity index (χ0) is 16.4. The smallest absolute Gasteiger partial charge is 0.251 e. The zero-order valence-corrected chi connectivity index (χ0v) is 13.1. The Hall–Kier alpha value is -3.02. The minimum Gasteiger partial charge on any atom is -0.486 e. The minimum absolute atomic E-state index is 0.129. The van der Waals surface area contributed by atoms with Gasteiger partial charge in [-0.15, -0.1) is 0 Å². The predicted octanol–water partition coefficient (Wildman–Crippen LogP) is 2.08. The normalized spacial score (nSPS) is 13.0. The van der Waals surface area contributed by atoms with Crippen molar-refractivity contribution in [1.29, 1.82) is 0 Å². The standard InChI is InChI=1S/C18H17N3O3/c22-18(13-4-5-15-16(11-13)24-10-9-23-15)19-7-6-14-12-21-8-2-1-3-17(21)20-14/h1-5,8,11-12H,6-7,9-10H2,(H,19,22). The number of ether oxygens (including phenoxy) is 2. The van der Waals surface area contributed by atoms with Gasteiger partial charge in [0.15, 0.2) is 11.5 Å². The molecule has 1 N–H and O–H groups in total. The number of hydrogen-bond acceptors (Lipinski definition) is 4. The molecule has 3 aromatic rings. The summed E-state index contributed by atoms with van der Waals surface area (Å²) in [4.78, 5) is 16.8. The number of pyridine rings is 1. The maximum absolute atomic E-state index is 12.3. The molecule has 0 atom stereocenters. The molecular weight excluding hydrogens is 306 g/mol. The van der Waals surface area contributed by atoms with Crippen LogP contribution in [0.25, 0.3) is 5.65 Å². The Balaban J connectivity index is 1.38. The SMILES string of the molecule is O=C(NCCc1cn2ccccc2n1)c1ccc2c(c1)OCCO2. The second-order valence-electron chi connectivity index (χ2n) is 5.56. The van der Waals surface area contributed by atoms with Gasteiger partial charge in [0.05, 0.1) is 5.69 Å². The number of carbonyl (C=O) groups is 1. The third kappa shape index (κ3) is 2.90. The van der Waals surface area contributed by atoms with Crippen molar-refractivity contribution in [3.63, 3.8) is 0 Å². The lowest BCUT2D eigenvalue weighted by molar-refractivity contribution is 0.0953. The van der Waals surface area contributed by atoms with E-state index in [0.717, 1.165) is 11.3 Å². The molecule has 0 spiro atoms. The molecule has 0 aliphatic carbocycles. The number of imidazole rings is 1. The molecule has 1 aromatic carbocycles. The molecule has 3 heterocycles. The van der Waals surface area contributed by atoms with Crippen molar-refractivity contribution in [3.05, 3.63) is 60.0 Å². The first-order valence-electron chi connectivity index (χ1n) is 7.90. The van der Waals surface area contributed by atoms with Crippen LogP contribution in [0.5, 0.6) is 11.5 Å². The van der Waals surface area contributed by atoms with Gasteiger partial charge in [0.1, 0.15) is 18.9 Å². The molecule has 6 nitrogen and oxygen atoms in total. The fraction of sp³-hybridized carbons (Fsp3) is 0.222. The topological polar surface area (TPSA) is 64.9 Å². The van der Waals surface area contributed by atoms with E-state index in [0.29, 0.717) is 43.2 Å². The van der Waals surface area contributed by atoms with Crippen LogP contribution in [0, 0.1) is 0 Å². The molecule has 0 radical (unpaired) electrons. The van der Waals surface area contributed by atoms with Crippen molar-refractivity contribution in [3.8, 4) is 11.5 Å². The molecule has 122 valence electrons. The molecule has 6 heteroatoms. The van der Waals surface area contributed by atoms with Gasteiger partial charge in [-0.1, -0.05) is 6.07 Å². The number of aromatic nitrogens is 2. The number of fused-ring (bicyclic) bond motifs is 2. The average molecular weight is 323 g/mol. The summed E-state index contributed by atoms with van der Waals surface area (Å²) in [5, 5.41) is 2.91. The largest absolute Gasteiger partial charge is 0.486 e. The van der Waals surface area contributed by atoms with E-state index in [1.165, 1.54) is 0 Å². The zero-order valence-electron chi connectivity index (χ0n) is 13.1. The monoisotopic (exact) mass is 323 g/mol. The Labute approximate surface area is 139 Å². The van der Waals surface area contributed by atoms with Crippen molar-refractivity contribution in [2.24, 2.45) is 0 Å². The van der Waals surface area contributed by atoms with Crippen LogP contribution < -0.4 is 14.8 Å². The maximum atomic E-state index is 12.3. The van der Waals surface area contributed by atoms with E-state index in [9.17, 15) is 4.79 Å². The van der Waals surface area contributed by atoms with Crippen LogP contribution in [-0.2, 0) is 6.42 Å². The van der Waals surface area contributed by atoms with Crippen molar-refractivity contribution in [2.75, 3.05) is 19.8 Å². The summed E-state index contributed by atoms with van der Waals surface area (Å²) in [6, 6.07) is 11.1. The molecule has 2 aromatic heterocycles. The second kappa shape index (κ2) is 6.23. The first-order chi connectivity index (χ1) is 11.8. The van der Waals surface area contributed by atoms with Crippen molar-refractivity contribution in [2.45, 2.75) is 6.42 Å². The Morgan fingerprint density at radius 1 is 1.17 bits per heavy atom. The van der Waals surface area contributed by atoms with Gasteiger partial charge in [-0.2, -0.15) is 0 Å². The van der Waals surface area contributed by atoms with Gasteiger partial charge in [-0.25, -0.2) is 4.98 Å². The highest BCUT2D eigenvalue weighted by Crippen LogP contribution is 2.30. The molecule has 24 heavy (non-hydrogen) atoms. The maximum Gasteiger partial charge on any atom is 0.251 e. The number of amides is 1. The van der Waals surface area contributed by atoms with E-state index in [1.807, 2.05) is 35.0 Å². The lowest BCUT2D eigenvalue weighted by Gasteiger charge is -2.18. The van der Waals surface area contributed by atoms with E-state index in [1.54, 1.807) is 18.2 Å². The summed E-state index contributed by atoms with van der Waals surface area (Å²) in [6.07, 6.45) is 4.61. The van der Waals surface area contributed by atoms with Gasteiger partial charge in [0, 0.05) is 30.9 Å². The quantitative estimate of drug-likeness (QED) is 0.798. The summed E-state index contributed by atoms with van der Waals surface area (Å²) < 4.78 is 12.9. The molecule has 1 aliphatic rings. The molecule has 1 aliphatic heterocycles. The average Bonchev–Trinajstić information content (AvgIpc) is 3.04. The van der Waals surface area contributed by atoms with Gasteiger partial charge in [-0.05, 0) is 30.3 Å². The number of carbonyl (C=O) groups excluding carboxylic acids is 1. The Bertz CT molecular complexity index is 855. The van der Waals surface area contributed by atoms with Crippen molar-refractivity contribution in [1.82, 2.24) is 14.7 Å². The molecule has 0 fully saturated rings. The third-order valence-corrected chi connectivity index (χ3v) is 3.88. The highest BCUT2D eigenvalue weighted by Gasteiger charge is 2.14.